The highest BCUT2D eigenvalue weighted by Crippen LogP contribution is 2.11. The van der Waals surface area contributed by atoms with Gasteiger partial charge in [-0.15, -0.1) is 0 Å². The highest BCUT2D eigenvalue weighted by atomic mass is 19.1. The van der Waals surface area contributed by atoms with Gasteiger partial charge in [-0.2, -0.15) is 0 Å². The second-order valence-corrected chi connectivity index (χ2v) is 6.36. The van der Waals surface area contributed by atoms with Crippen molar-refractivity contribution < 1.29 is 13.6 Å². The molecule has 1 amide bonds. The van der Waals surface area contributed by atoms with Gasteiger partial charge in [-0.1, -0.05) is 12.1 Å². The Morgan fingerprint density at radius 2 is 1.76 bits per heavy atom. The molecule has 0 aliphatic rings. The summed E-state index contributed by atoms with van der Waals surface area (Å²) in [5, 5.41) is 2.95. The summed E-state index contributed by atoms with van der Waals surface area (Å²) in [4.78, 5) is 38.4. The van der Waals surface area contributed by atoms with Crippen LogP contribution in [-0.2, 0) is 17.9 Å². The first-order chi connectivity index (χ1) is 14.0. The molecule has 146 valence electrons. The van der Waals surface area contributed by atoms with Gasteiger partial charge in [-0.3, -0.25) is 14.2 Å². The zero-order chi connectivity index (χ0) is 20.4. The Bertz CT molecular complexity index is 1290. The molecular weight excluding hydrogens is 377 g/mol. The van der Waals surface area contributed by atoms with E-state index in [0.29, 0.717) is 11.3 Å². The van der Waals surface area contributed by atoms with Crippen LogP contribution < -0.4 is 16.6 Å². The molecule has 4 aromatic rings. The third kappa shape index (κ3) is 3.60. The van der Waals surface area contributed by atoms with Crippen LogP contribution in [0.1, 0.15) is 5.76 Å². The third-order valence-electron chi connectivity index (χ3n) is 4.48. The average molecular weight is 393 g/mol. The number of furan rings is 1. The Kier molecular flexibility index (Phi) is 4.82. The Balaban J connectivity index is 1.78. The first kappa shape index (κ1) is 18.4. The predicted octanol–water partition coefficient (Wildman–Crippen LogP) is 2.20. The number of halogens is 1. The molecule has 0 spiro atoms. The summed E-state index contributed by atoms with van der Waals surface area (Å²) < 4.78 is 20.6. The Labute approximate surface area is 163 Å². The Morgan fingerprint density at radius 3 is 2.48 bits per heavy atom. The lowest BCUT2D eigenvalue weighted by Crippen LogP contribution is -2.41. The minimum atomic E-state index is -0.687. The lowest BCUT2D eigenvalue weighted by atomic mass is 10.2. The van der Waals surface area contributed by atoms with Gasteiger partial charge in [0.25, 0.3) is 5.56 Å². The largest absolute Gasteiger partial charge is 0.467 e. The molecule has 2 aromatic carbocycles. The summed E-state index contributed by atoms with van der Waals surface area (Å²) in [5.74, 6) is -0.329. The first-order valence-electron chi connectivity index (χ1n) is 8.84. The van der Waals surface area contributed by atoms with E-state index in [2.05, 4.69) is 5.32 Å². The second-order valence-electron chi connectivity index (χ2n) is 6.36. The molecule has 0 aliphatic carbocycles. The van der Waals surface area contributed by atoms with Crippen molar-refractivity contribution in [1.29, 1.82) is 0 Å². The number of hydrogen-bond donors (Lipinski definition) is 1. The first-order valence-corrected chi connectivity index (χ1v) is 8.84. The van der Waals surface area contributed by atoms with E-state index in [1.54, 1.807) is 36.4 Å². The Morgan fingerprint density at radius 1 is 1.00 bits per heavy atom. The van der Waals surface area contributed by atoms with E-state index in [1.807, 2.05) is 0 Å². The molecule has 8 heteroatoms. The van der Waals surface area contributed by atoms with E-state index in [4.69, 9.17) is 4.42 Å². The normalized spacial score (nSPS) is 10.9. The summed E-state index contributed by atoms with van der Waals surface area (Å²) in [6.45, 7) is -0.113. The summed E-state index contributed by atoms with van der Waals surface area (Å²) in [5.41, 5.74) is -0.663. The fourth-order valence-corrected chi connectivity index (χ4v) is 3.09. The van der Waals surface area contributed by atoms with Crippen LogP contribution in [0.4, 0.5) is 4.39 Å². The molecule has 0 aliphatic heterocycles. The van der Waals surface area contributed by atoms with E-state index in [0.717, 1.165) is 16.7 Å². The smallest absolute Gasteiger partial charge is 0.336 e. The zero-order valence-electron chi connectivity index (χ0n) is 15.2. The Hall–Kier alpha value is -3.94. The van der Waals surface area contributed by atoms with Gasteiger partial charge in [0, 0.05) is 0 Å². The van der Waals surface area contributed by atoms with Crippen LogP contribution >= 0.6 is 0 Å². The van der Waals surface area contributed by atoms with Crippen LogP contribution in [0, 0.1) is 5.82 Å². The number of carbonyl (C=O) groups is 1. The van der Waals surface area contributed by atoms with Crippen molar-refractivity contribution in [2.24, 2.45) is 0 Å². The van der Waals surface area contributed by atoms with Crippen LogP contribution in [0.5, 0.6) is 0 Å². The van der Waals surface area contributed by atoms with Crippen LogP contribution in [0.2, 0.25) is 0 Å². The molecule has 2 aromatic heterocycles. The third-order valence-corrected chi connectivity index (χ3v) is 4.48. The molecule has 0 bridgehead atoms. The number of rotatable bonds is 5. The van der Waals surface area contributed by atoms with Crippen LogP contribution in [0.3, 0.4) is 0 Å². The fraction of sp³-hybridized carbons (Fsp3) is 0.0952. The number of nitrogens with zero attached hydrogens (tertiary/aromatic N) is 2. The van der Waals surface area contributed by atoms with Gasteiger partial charge in [0.2, 0.25) is 5.91 Å². The highest BCUT2D eigenvalue weighted by molar-refractivity contribution is 5.81. The number of benzene rings is 2. The minimum absolute atomic E-state index is 0.177. The topological polar surface area (TPSA) is 86.2 Å². The van der Waals surface area contributed by atoms with Gasteiger partial charge in [0.15, 0.2) is 0 Å². The van der Waals surface area contributed by atoms with Crippen LogP contribution in [0.15, 0.2) is 80.9 Å². The molecular formula is C21H16FN3O4. The highest BCUT2D eigenvalue weighted by Gasteiger charge is 2.16. The van der Waals surface area contributed by atoms with Gasteiger partial charge in [0.05, 0.1) is 29.4 Å². The number of fused-ring (bicyclic) bond motifs is 1. The van der Waals surface area contributed by atoms with E-state index in [-0.39, 0.29) is 24.2 Å². The predicted molar refractivity (Wildman–Crippen MR) is 104 cm³/mol. The number of aromatic nitrogens is 2. The molecule has 0 saturated carbocycles. The number of amides is 1. The van der Waals surface area contributed by atoms with Crippen LogP contribution in [0.25, 0.3) is 16.6 Å². The molecule has 0 atom stereocenters. The summed E-state index contributed by atoms with van der Waals surface area (Å²) in [7, 11) is 0. The van der Waals surface area contributed by atoms with Crippen molar-refractivity contribution in [2.45, 2.75) is 13.1 Å². The number of para-hydroxylation sites is 1. The average Bonchev–Trinajstić information content (AvgIpc) is 3.25. The molecule has 2 heterocycles. The molecule has 29 heavy (non-hydrogen) atoms. The van der Waals surface area contributed by atoms with Gasteiger partial charge in [-0.05, 0) is 48.5 Å². The van der Waals surface area contributed by atoms with Crippen molar-refractivity contribution in [1.82, 2.24) is 14.5 Å². The molecule has 0 unspecified atom stereocenters. The molecule has 7 nitrogen and oxygen atoms in total. The van der Waals surface area contributed by atoms with Gasteiger partial charge in [-0.25, -0.2) is 13.8 Å². The van der Waals surface area contributed by atoms with Crippen molar-refractivity contribution >= 4 is 16.8 Å². The molecule has 1 N–H and O–H groups in total. The van der Waals surface area contributed by atoms with E-state index < -0.39 is 23.0 Å². The van der Waals surface area contributed by atoms with E-state index in [9.17, 15) is 18.8 Å². The molecule has 0 saturated heterocycles. The molecule has 4 rings (SSSR count). The van der Waals surface area contributed by atoms with E-state index >= 15 is 0 Å². The van der Waals surface area contributed by atoms with E-state index in [1.165, 1.54) is 23.0 Å². The quantitative estimate of drug-likeness (QED) is 0.563. The minimum Gasteiger partial charge on any atom is -0.467 e. The van der Waals surface area contributed by atoms with Crippen molar-refractivity contribution in [2.75, 3.05) is 0 Å². The standard InChI is InChI=1S/C21H16FN3O4/c22-14-7-9-15(10-8-14)25-20(27)17-5-1-2-6-18(17)24(21(25)28)13-19(26)23-12-16-4-3-11-29-16/h1-11H,12-13H2,(H,23,26). The maximum Gasteiger partial charge on any atom is 0.336 e. The van der Waals surface area contributed by atoms with Gasteiger partial charge < -0.3 is 9.73 Å². The summed E-state index contributed by atoms with van der Waals surface area (Å²) in [6.07, 6.45) is 1.50. The number of hydrogen-bond acceptors (Lipinski definition) is 4. The lowest BCUT2D eigenvalue weighted by molar-refractivity contribution is -0.121. The number of nitrogens with one attached hydrogen (secondary N) is 1. The van der Waals surface area contributed by atoms with Crippen LogP contribution in [-0.4, -0.2) is 15.0 Å². The monoisotopic (exact) mass is 393 g/mol. The van der Waals surface area contributed by atoms with Gasteiger partial charge >= 0.3 is 5.69 Å². The van der Waals surface area contributed by atoms with Crippen molar-refractivity contribution in [3.8, 4) is 5.69 Å². The fourth-order valence-electron chi connectivity index (χ4n) is 3.09. The second kappa shape index (κ2) is 7.59. The lowest BCUT2D eigenvalue weighted by Gasteiger charge is -2.14. The van der Waals surface area contributed by atoms with Crippen molar-refractivity contribution in [3.05, 3.63) is 99.3 Å². The van der Waals surface area contributed by atoms with Crippen molar-refractivity contribution in [3.63, 3.8) is 0 Å². The SMILES string of the molecule is O=C(Cn1c(=O)n(-c2ccc(F)cc2)c(=O)c2ccccc21)NCc1ccco1. The molecule has 0 fully saturated rings. The maximum absolute atomic E-state index is 13.3. The molecule has 0 radical (unpaired) electrons. The zero-order valence-corrected chi connectivity index (χ0v) is 15.2. The van der Waals surface area contributed by atoms with Gasteiger partial charge in [0.1, 0.15) is 18.1 Å². The number of carbonyl (C=O) groups excluding carboxylic acids is 1. The summed E-state index contributed by atoms with van der Waals surface area (Å²) >= 11 is 0. The summed E-state index contributed by atoms with van der Waals surface area (Å²) in [6, 6.07) is 15.0. The maximum atomic E-state index is 13.3.